The van der Waals surface area contributed by atoms with Crippen molar-refractivity contribution in [3.05, 3.63) is 65.7 Å². The zero-order valence-corrected chi connectivity index (χ0v) is 24.5. The van der Waals surface area contributed by atoms with Crippen molar-refractivity contribution in [2.45, 2.75) is 23.6 Å². The molecule has 4 rings (SSSR count). The molecule has 208 valence electrons. The van der Waals surface area contributed by atoms with E-state index in [9.17, 15) is 35.8 Å². The molecule has 4 aromatic rings. The minimum Gasteiger partial charge on any atom is -0.505 e. The number of phenols is 1. The van der Waals surface area contributed by atoms with E-state index < -0.39 is 46.9 Å². The summed E-state index contributed by atoms with van der Waals surface area (Å²) < 4.78 is 66.2. The van der Waals surface area contributed by atoms with E-state index in [0.717, 1.165) is 22.3 Å². The predicted octanol–water partition coefficient (Wildman–Crippen LogP) is 6.29. The number of benzene rings is 4. The molecule has 0 unspecified atom stereocenters. The molecule has 0 atom stereocenters. The number of phenolic OH excluding ortho intramolecular Hbond substituents is 1. The van der Waals surface area contributed by atoms with Gasteiger partial charge >= 0.3 is 0 Å². The number of nitrogens with zero attached hydrogens (tertiary/aromatic N) is 2. The van der Waals surface area contributed by atoms with Gasteiger partial charge < -0.3 is 16.2 Å². The second-order valence-corrected chi connectivity index (χ2v) is 12.5. The Morgan fingerprint density at radius 3 is 1.93 bits per heavy atom. The summed E-state index contributed by atoms with van der Waals surface area (Å²) in [5, 5.41) is 21.0. The fraction of sp³-hybridized carbons (Fsp3) is 0.0800. The Morgan fingerprint density at radius 1 is 0.825 bits per heavy atom. The van der Waals surface area contributed by atoms with Gasteiger partial charge in [-0.1, -0.05) is 18.2 Å². The lowest BCUT2D eigenvalue weighted by atomic mass is 10.00. The first kappa shape index (κ1) is 29.3. The van der Waals surface area contributed by atoms with Gasteiger partial charge in [-0.25, -0.2) is 0 Å². The maximum atomic E-state index is 11.9. The Labute approximate surface area is 242 Å². The number of halogens is 1. The van der Waals surface area contributed by atoms with Gasteiger partial charge in [-0.05, 0) is 72.5 Å². The van der Waals surface area contributed by atoms with Crippen molar-refractivity contribution < 1.29 is 35.8 Å². The van der Waals surface area contributed by atoms with Crippen LogP contribution in [0.1, 0.15) is 11.1 Å². The number of azo groups is 1. The first-order valence-corrected chi connectivity index (χ1v) is 15.2. The molecule has 0 radical (unpaired) electrons. The summed E-state index contributed by atoms with van der Waals surface area (Å²) in [5.74, 6) is -0.711. The number of carbonyl (C=O) groups excluding carboxylic acids is 1. The highest BCUT2D eigenvalue weighted by atomic mass is 127. The topological polar surface area (TPSA) is 209 Å². The molecule has 40 heavy (non-hydrogen) atoms. The highest BCUT2D eigenvalue weighted by Crippen LogP contribution is 2.43. The number of rotatable bonds is 6. The lowest BCUT2D eigenvalue weighted by Crippen LogP contribution is -2.08. The van der Waals surface area contributed by atoms with E-state index in [1.807, 2.05) is 31.2 Å². The van der Waals surface area contributed by atoms with Gasteiger partial charge in [0.2, 0.25) is 0 Å². The molecule has 0 saturated heterocycles. The fourth-order valence-corrected chi connectivity index (χ4v) is 5.83. The summed E-state index contributed by atoms with van der Waals surface area (Å²) in [4.78, 5) is 9.45. The molecule has 12 nitrogen and oxygen atoms in total. The van der Waals surface area contributed by atoms with Crippen molar-refractivity contribution in [3.8, 4) is 16.9 Å². The van der Waals surface area contributed by atoms with E-state index >= 15 is 0 Å². The van der Waals surface area contributed by atoms with Crippen molar-refractivity contribution in [1.82, 2.24) is 0 Å². The summed E-state index contributed by atoms with van der Waals surface area (Å²) in [6.07, 6.45) is 0. The van der Waals surface area contributed by atoms with Crippen LogP contribution >= 0.6 is 22.6 Å². The molecule has 0 aliphatic carbocycles. The van der Waals surface area contributed by atoms with E-state index in [1.165, 1.54) is 12.1 Å². The summed E-state index contributed by atoms with van der Waals surface area (Å²) in [7, 11) is -9.99. The van der Waals surface area contributed by atoms with E-state index in [0.29, 0.717) is 17.4 Å². The number of hydrogen-bond acceptors (Lipinski definition) is 9. The average molecular weight is 697 g/mol. The molecule has 0 aliphatic rings. The van der Waals surface area contributed by atoms with Crippen molar-refractivity contribution in [3.63, 3.8) is 0 Å². The van der Waals surface area contributed by atoms with Crippen LogP contribution in [0.5, 0.6) is 5.75 Å². The molecule has 0 aromatic heterocycles. The SMILES string of the molecule is Cc1cc(-c2ccc(NC(=O)I)c(C)c2)ccc1N=Nc1ccc2c(S(=O)(=O)O)cc(S(=O)(=O)O)c(N)c2c1O. The summed E-state index contributed by atoms with van der Waals surface area (Å²) >= 11 is 1.66. The third-order valence-corrected chi connectivity index (χ3v) is 8.09. The van der Waals surface area contributed by atoms with Crippen molar-refractivity contribution in [2.75, 3.05) is 11.1 Å². The second kappa shape index (κ2) is 10.7. The van der Waals surface area contributed by atoms with Crippen LogP contribution < -0.4 is 11.1 Å². The first-order chi connectivity index (χ1) is 18.6. The number of fused-ring (bicyclic) bond motifs is 1. The molecule has 0 saturated carbocycles. The van der Waals surface area contributed by atoms with Crippen molar-refractivity contribution in [1.29, 1.82) is 0 Å². The molecular formula is C25H21IN4O8S2. The minimum atomic E-state index is -5.02. The number of nitrogens with one attached hydrogen (secondary N) is 1. The number of anilines is 2. The minimum absolute atomic E-state index is 0.181. The van der Waals surface area contributed by atoms with Gasteiger partial charge in [-0.2, -0.15) is 21.9 Å². The van der Waals surface area contributed by atoms with Crippen LogP contribution in [-0.2, 0) is 20.2 Å². The Balaban J connectivity index is 1.75. The first-order valence-electron chi connectivity index (χ1n) is 11.2. The molecule has 0 fully saturated rings. The molecule has 1 amide bonds. The maximum absolute atomic E-state index is 11.9. The van der Waals surface area contributed by atoms with Gasteiger partial charge in [0.05, 0.1) is 16.8 Å². The number of amides is 1. The molecule has 0 bridgehead atoms. The lowest BCUT2D eigenvalue weighted by molar-refractivity contribution is 0.271. The van der Waals surface area contributed by atoms with Crippen LogP contribution in [0.15, 0.2) is 74.6 Å². The van der Waals surface area contributed by atoms with Gasteiger partial charge in [0.1, 0.15) is 15.5 Å². The van der Waals surface area contributed by atoms with Crippen LogP contribution in [0.25, 0.3) is 21.9 Å². The van der Waals surface area contributed by atoms with Gasteiger partial charge in [0.15, 0.2) is 5.75 Å². The molecule has 0 heterocycles. The predicted molar refractivity (Wildman–Crippen MR) is 158 cm³/mol. The van der Waals surface area contributed by atoms with Gasteiger partial charge in [-0.3, -0.25) is 13.9 Å². The number of nitrogen functional groups attached to an aromatic ring is 1. The van der Waals surface area contributed by atoms with Crippen LogP contribution in [0.4, 0.5) is 27.5 Å². The zero-order valence-electron chi connectivity index (χ0n) is 20.7. The molecule has 4 aromatic carbocycles. The number of nitrogens with two attached hydrogens (primary N) is 1. The third-order valence-electron chi connectivity index (χ3n) is 6.03. The van der Waals surface area contributed by atoms with Gasteiger partial charge in [0, 0.05) is 33.7 Å². The largest absolute Gasteiger partial charge is 0.505 e. The molecule has 0 aliphatic heterocycles. The van der Waals surface area contributed by atoms with E-state index in [4.69, 9.17) is 5.73 Å². The molecule has 0 spiro atoms. The van der Waals surface area contributed by atoms with Crippen LogP contribution in [0, 0.1) is 13.8 Å². The Morgan fingerprint density at radius 2 is 1.38 bits per heavy atom. The summed E-state index contributed by atoms with van der Waals surface area (Å²) in [5.41, 5.74) is 9.57. The number of hydrogen-bond donors (Lipinski definition) is 5. The smallest absolute Gasteiger partial charge is 0.296 e. The average Bonchev–Trinajstić information content (AvgIpc) is 2.83. The third kappa shape index (κ3) is 5.92. The Bertz CT molecular complexity index is 1960. The zero-order chi connectivity index (χ0) is 29.6. The Hall–Kier alpha value is -3.64. The van der Waals surface area contributed by atoms with E-state index in [-0.39, 0.29) is 15.0 Å². The normalized spacial score (nSPS) is 12.2. The number of carbonyl (C=O) groups is 1. The van der Waals surface area contributed by atoms with Crippen LogP contribution in [0.3, 0.4) is 0 Å². The van der Waals surface area contributed by atoms with Gasteiger partial charge in [-0.15, -0.1) is 5.11 Å². The fourth-order valence-electron chi connectivity index (χ4n) is 4.11. The lowest BCUT2D eigenvalue weighted by Gasteiger charge is -2.13. The second-order valence-electron chi connectivity index (χ2n) is 8.72. The highest BCUT2D eigenvalue weighted by molar-refractivity contribution is 14.1. The summed E-state index contributed by atoms with van der Waals surface area (Å²) in [6, 6.07) is 13.9. The summed E-state index contributed by atoms with van der Waals surface area (Å²) in [6.45, 7) is 3.67. The van der Waals surface area contributed by atoms with E-state index in [1.54, 1.807) is 41.6 Å². The molecular weight excluding hydrogens is 675 g/mol. The van der Waals surface area contributed by atoms with Crippen molar-refractivity contribution in [2.24, 2.45) is 10.2 Å². The highest BCUT2D eigenvalue weighted by Gasteiger charge is 2.26. The van der Waals surface area contributed by atoms with Crippen LogP contribution in [0.2, 0.25) is 0 Å². The maximum Gasteiger partial charge on any atom is 0.296 e. The quantitative estimate of drug-likeness (QED) is 0.0383. The standard InChI is InChI=1S/C25H21IN4O8S2/c1-12-9-14(3-6-17(12)28-25(26)32)15-4-7-18(13(2)10-15)29-30-19-8-5-16-20(39(33,34)35)11-21(40(36,37)38)23(27)22(16)24(19)31/h3-11,31H,27H2,1-2H3,(H,28,32)(H,33,34,35)(H,36,37,38). The Kier molecular flexibility index (Phi) is 7.88. The monoisotopic (exact) mass is 696 g/mol. The van der Waals surface area contributed by atoms with Crippen molar-refractivity contribution >= 4 is 80.3 Å². The molecule has 15 heteroatoms. The van der Waals surface area contributed by atoms with E-state index in [2.05, 4.69) is 15.5 Å². The van der Waals surface area contributed by atoms with Crippen LogP contribution in [-0.4, -0.2) is 35.0 Å². The molecule has 6 N–H and O–H groups in total. The number of aromatic hydroxyl groups is 1. The van der Waals surface area contributed by atoms with Gasteiger partial charge in [0.25, 0.3) is 24.2 Å². The number of aryl methyl sites for hydroxylation is 2.